The standard InChI is InChI=1S/C13H16.C12H15NO.C12H15N.C11H16.3C10H14.C9H13N.C9H14.C8H15NO.C8H13N.C8H12S.C7H12N2.C6H11N3.2CH4/c1-13(2,3)12-9-8-10-6-4-5-7-11(10)12;1-12(2,3)9-5-4-8-6-11(14)13-10(8)7-9;1-12(2,3)11-8-9-6-4-5-7-10(9)13-11;1-9-5-7-10(8-6-9)11(2,3)4;3*1-10(2,3)9-7-5-4-6-8-9;1-9(2,3)8-6-4-5-7-10-8;1-9(2,3)8-6-4-5-7-8;1-8(2,3)9-6-4-5-7(9)10;1-8(2,3)7-5-4-6-9-7;1-8(2,3)7-4-5-9-6-7;1-7(2,3)6-8-4-5-9-6;1-6(2,3)5-7-4-8-9-5;;/h4-7,9H,8H2,1-3H3;4-5,7H,6H2,1-3H3,(H,13,14);4-8,13H,1-3H3;5-8H,1-4H3;3*4-8H,1-3H3;4-7H,1-3H3;4,6-7H,5H2,1-3H3;4-6H2,1-3H3;4-5H,6H2,1-3H3;4-6H,1-3H3;4H,5H2,1-3H3;4H,1-3H3,(H,7,8,9);2*1H4. The van der Waals surface area contributed by atoms with Crippen LogP contribution < -0.4 is 5.32 Å². The average molecular weight is 2030 g/mol. The van der Waals surface area contributed by atoms with Gasteiger partial charge in [-0.15, -0.1) is 0 Å². The quantitative estimate of drug-likeness (QED) is 0.138. The molecule has 148 heavy (non-hydrogen) atoms. The highest BCUT2D eigenvalue weighted by atomic mass is 32.1. The van der Waals surface area contributed by atoms with Crippen LogP contribution in [0.4, 0.5) is 5.69 Å². The molecule has 2 amide bonds. The smallest absolute Gasteiger partial charge is 0.228 e. The molecule has 810 valence electrons. The van der Waals surface area contributed by atoms with E-state index in [9.17, 15) is 9.59 Å². The number of amides is 2. The summed E-state index contributed by atoms with van der Waals surface area (Å²) in [6.45, 7) is 96.8. The summed E-state index contributed by atoms with van der Waals surface area (Å²) >= 11 is 1.77. The van der Waals surface area contributed by atoms with Crippen LogP contribution in [0.5, 0.6) is 0 Å². The molecule has 0 spiro atoms. The van der Waals surface area contributed by atoms with Crippen molar-refractivity contribution in [2.24, 2.45) is 36.6 Å². The second kappa shape index (κ2) is 58.4. The van der Waals surface area contributed by atoms with Gasteiger partial charge >= 0.3 is 0 Å². The predicted molar refractivity (Wildman–Crippen MR) is 655 cm³/mol. The maximum Gasteiger partial charge on any atom is 0.228 e. The molecule has 0 saturated carbocycles. The van der Waals surface area contributed by atoms with Gasteiger partial charge in [-0.1, -0.05) is 497 Å². The van der Waals surface area contributed by atoms with E-state index in [0.29, 0.717) is 39.4 Å². The molecule has 0 bridgehead atoms. The highest BCUT2D eigenvalue weighted by molar-refractivity contribution is 7.08. The number of para-hydroxylation sites is 1. The van der Waals surface area contributed by atoms with Crippen molar-refractivity contribution in [3.05, 3.63) is 350 Å². The number of pyridine rings is 1. The number of hydrogen-bond acceptors (Lipinski definition) is 9. The Hall–Kier alpha value is -11.0. The lowest BCUT2D eigenvalue weighted by molar-refractivity contribution is -0.131. The van der Waals surface area contributed by atoms with E-state index in [2.05, 4.69) is 585 Å². The number of amidine groups is 1. The first-order chi connectivity index (χ1) is 67.1. The van der Waals surface area contributed by atoms with Crippen molar-refractivity contribution in [2.45, 2.75) is 399 Å². The van der Waals surface area contributed by atoms with Crippen LogP contribution >= 0.6 is 11.3 Å². The molecule has 12 nitrogen and oxygen atoms in total. The maximum absolute atomic E-state index is 11.1. The average Bonchev–Trinajstić information content (AvgIpc) is 1.54. The Morgan fingerprint density at radius 2 is 0.892 bits per heavy atom. The largest absolute Gasteiger partial charge is 0.358 e. The molecule has 8 heterocycles. The van der Waals surface area contributed by atoms with Crippen molar-refractivity contribution in [3.63, 3.8) is 0 Å². The molecule has 17 rings (SSSR count). The third-order valence-corrected chi connectivity index (χ3v) is 25.2. The minimum Gasteiger partial charge on any atom is -0.358 e. The number of thiophene rings is 1. The van der Waals surface area contributed by atoms with Crippen LogP contribution in [-0.2, 0) is 71.2 Å². The lowest BCUT2D eigenvalue weighted by atomic mass is 9.83. The number of nitrogens with one attached hydrogen (secondary N) is 3. The van der Waals surface area contributed by atoms with Gasteiger partial charge in [-0.25, -0.2) is 9.98 Å². The second-order valence-electron chi connectivity index (χ2n) is 52.8. The molecule has 13 heteroatoms. The number of carbonyl (C=O) groups excluding carboxylic acids is 2. The Labute approximate surface area is 907 Å². The molecule has 0 radical (unpaired) electrons. The Kier molecular flexibility index (Phi) is 52.5. The minimum absolute atomic E-state index is 0. The van der Waals surface area contributed by atoms with Crippen LogP contribution in [-0.4, -0.2) is 84.8 Å². The zero-order valence-corrected chi connectivity index (χ0v) is 99.9. The van der Waals surface area contributed by atoms with Gasteiger partial charge in [0.05, 0.1) is 19.5 Å². The summed E-state index contributed by atoms with van der Waals surface area (Å²) in [5, 5.41) is 15.1. The fourth-order valence-electron chi connectivity index (χ4n) is 15.0. The fourth-order valence-corrected chi connectivity index (χ4v) is 15.9. The number of carbonyl (C=O) groups is 2. The van der Waals surface area contributed by atoms with E-state index in [1.54, 1.807) is 11.3 Å². The van der Waals surface area contributed by atoms with E-state index in [1.807, 2.05) is 35.5 Å². The normalized spacial score (nSPS) is 14.0. The van der Waals surface area contributed by atoms with Gasteiger partial charge in [-0.3, -0.25) is 29.7 Å². The van der Waals surface area contributed by atoms with Crippen molar-refractivity contribution in [2.75, 3.05) is 25.0 Å². The number of aliphatic imine (C=N–C) groups is 3. The van der Waals surface area contributed by atoms with Crippen molar-refractivity contribution in [1.82, 2.24) is 30.0 Å². The SMILES string of the molecule is C.C.CC(C)(C)C1=CCC=C1.CC(C)(C)C1=CCc2ccccc21.CC(C)(C)C1=NCC=C1.CC(C)(C)C1=NCC=N1.CC(C)(C)N1CCCC1=O.CC(C)(C)c1cc2ccccc2[nH]1.CC(C)(C)c1ccc2c(c1)NC(=O)C2.CC(C)(C)c1ccccc1.CC(C)(C)c1ccccc1.CC(C)(C)c1ccccc1.CC(C)(C)c1ccccn1.CC(C)(C)c1ccsc1.CC(C)(C)c1ncn[nH]1.Cc1ccc(C(C)(C)C)cc1. The number of H-pyrrole nitrogens is 2. The Morgan fingerprint density at radius 3 is 1.22 bits per heavy atom. The van der Waals surface area contributed by atoms with Gasteiger partial charge in [0.2, 0.25) is 11.8 Å². The number of rotatable bonds is 0. The highest BCUT2D eigenvalue weighted by Gasteiger charge is 2.31. The van der Waals surface area contributed by atoms with Crippen LogP contribution in [0.3, 0.4) is 0 Å². The molecule has 0 atom stereocenters. The van der Waals surface area contributed by atoms with E-state index >= 15 is 0 Å². The van der Waals surface area contributed by atoms with Gasteiger partial charge in [0.15, 0.2) is 0 Å². The summed E-state index contributed by atoms with van der Waals surface area (Å²) in [5.41, 5.74) is 25.7. The van der Waals surface area contributed by atoms with Crippen molar-refractivity contribution >= 4 is 63.1 Å². The van der Waals surface area contributed by atoms with Crippen molar-refractivity contribution < 1.29 is 9.59 Å². The van der Waals surface area contributed by atoms with Gasteiger partial charge in [0.1, 0.15) is 18.0 Å². The van der Waals surface area contributed by atoms with Crippen LogP contribution in [0.1, 0.15) is 398 Å². The molecule has 7 aromatic carbocycles. The van der Waals surface area contributed by atoms with E-state index < -0.39 is 0 Å². The lowest BCUT2D eigenvalue weighted by Gasteiger charge is -2.31. The van der Waals surface area contributed by atoms with Crippen LogP contribution in [0.25, 0.3) is 16.5 Å². The third kappa shape index (κ3) is 50.1. The predicted octanol–water partition coefficient (Wildman–Crippen LogP) is 37.5. The van der Waals surface area contributed by atoms with Gasteiger partial charge in [0, 0.05) is 86.3 Å². The van der Waals surface area contributed by atoms with E-state index in [-0.39, 0.29) is 69.6 Å². The summed E-state index contributed by atoms with van der Waals surface area (Å²) in [7, 11) is 0. The number of aromatic amines is 2. The molecule has 1 fully saturated rings. The zero-order valence-electron chi connectivity index (χ0n) is 99.1. The topological polar surface area (TPSA) is 157 Å². The summed E-state index contributed by atoms with van der Waals surface area (Å²) in [6.07, 6.45) is 23.1. The minimum atomic E-state index is 0. The van der Waals surface area contributed by atoms with Gasteiger partial charge in [-0.2, -0.15) is 16.4 Å². The maximum atomic E-state index is 11.1. The molecule has 0 unspecified atom stereocenters. The number of aryl methyl sites for hydroxylation is 1. The van der Waals surface area contributed by atoms with Crippen LogP contribution in [0.15, 0.2) is 293 Å². The highest BCUT2D eigenvalue weighted by Crippen LogP contribution is 2.41. The monoisotopic (exact) mass is 2030 g/mol. The number of nitrogens with zero attached hydrogens (tertiary/aromatic N) is 7. The number of anilines is 1. The number of allylic oxidation sites excluding steroid dienone is 7. The number of benzene rings is 7. The van der Waals surface area contributed by atoms with Crippen LogP contribution in [0, 0.1) is 28.6 Å². The van der Waals surface area contributed by atoms with Gasteiger partial charge in [0.25, 0.3) is 0 Å². The first kappa shape index (κ1) is 133. The van der Waals surface area contributed by atoms with E-state index in [0.717, 1.165) is 73.9 Å². The molecule has 11 aromatic rings. The summed E-state index contributed by atoms with van der Waals surface area (Å²) in [4.78, 5) is 48.6. The van der Waals surface area contributed by atoms with Gasteiger partial charge < -0.3 is 15.2 Å². The summed E-state index contributed by atoms with van der Waals surface area (Å²) in [6, 6.07) is 74.2. The molecule has 1 saturated heterocycles. The van der Waals surface area contributed by atoms with E-state index in [1.165, 1.54) is 89.9 Å². The third-order valence-electron chi connectivity index (χ3n) is 24.5. The van der Waals surface area contributed by atoms with E-state index in [4.69, 9.17) is 0 Å². The molecular formula is C135H202N10O2S. The Balaban J connectivity index is 0.000000539. The zero-order chi connectivity index (χ0) is 111. The molecular weight excluding hydrogens is 1830 g/mol. The molecule has 6 aliphatic rings. The van der Waals surface area contributed by atoms with Gasteiger partial charge in [-0.05, 0) is 210 Å². The molecule has 2 aliphatic carbocycles. The first-order valence-electron chi connectivity index (χ1n) is 52.9. The second-order valence-corrected chi connectivity index (χ2v) is 53.6. The first-order valence-corrected chi connectivity index (χ1v) is 53.8. The summed E-state index contributed by atoms with van der Waals surface area (Å²) < 4.78 is 0. The molecule has 4 aromatic heterocycles. The Bertz CT molecular complexity index is 5510. The van der Waals surface area contributed by atoms with Crippen molar-refractivity contribution in [1.29, 1.82) is 0 Å². The number of likely N-dealkylation sites (tertiary alicyclic amines) is 1. The van der Waals surface area contributed by atoms with Crippen LogP contribution in [0.2, 0.25) is 0 Å². The number of aromatic nitrogens is 5. The number of fused-ring (bicyclic) bond motifs is 3. The molecule has 3 N–H and O–H groups in total. The molecule has 4 aliphatic heterocycles. The number of hydrogen-bond donors (Lipinski definition) is 3. The van der Waals surface area contributed by atoms with Crippen molar-refractivity contribution in [3.8, 4) is 0 Å². The fraction of sp³-hybridized carbons (Fsp3) is 0.496. The Morgan fingerprint density at radius 1 is 0.399 bits per heavy atom. The lowest BCUT2D eigenvalue weighted by Crippen LogP contribution is -2.41. The summed E-state index contributed by atoms with van der Waals surface area (Å²) in [5.74, 6) is 2.32.